The Hall–Kier alpha value is -0.120. The standard InChI is InChI=1S/C15H30N2O/c1-14(2)10-17(11-15(3,4)18-14)13(9-16)12-7-5-6-8-12/h12-13H,5-11,16H2,1-4H3. The number of nitrogens with zero attached hydrogens (tertiary/aromatic N) is 1. The summed E-state index contributed by atoms with van der Waals surface area (Å²) < 4.78 is 6.17. The molecular weight excluding hydrogens is 224 g/mol. The van der Waals surface area contributed by atoms with Crippen molar-refractivity contribution in [1.82, 2.24) is 4.90 Å². The van der Waals surface area contributed by atoms with Crippen LogP contribution in [-0.4, -0.2) is 41.8 Å². The quantitative estimate of drug-likeness (QED) is 0.840. The molecule has 0 radical (unpaired) electrons. The Balaban J connectivity index is 2.09. The molecule has 3 heteroatoms. The highest BCUT2D eigenvalue weighted by molar-refractivity contribution is 4.94. The van der Waals surface area contributed by atoms with Gasteiger partial charge in [0.15, 0.2) is 0 Å². The van der Waals surface area contributed by atoms with E-state index in [4.69, 9.17) is 10.5 Å². The molecule has 1 atom stereocenters. The first kappa shape index (κ1) is 14.3. The van der Waals surface area contributed by atoms with Crippen molar-refractivity contribution in [3.8, 4) is 0 Å². The first-order valence-corrected chi connectivity index (χ1v) is 7.47. The Morgan fingerprint density at radius 3 is 2.06 bits per heavy atom. The van der Waals surface area contributed by atoms with Gasteiger partial charge in [0.1, 0.15) is 0 Å². The van der Waals surface area contributed by atoms with Gasteiger partial charge in [-0.05, 0) is 46.5 Å². The van der Waals surface area contributed by atoms with E-state index >= 15 is 0 Å². The molecule has 0 bridgehead atoms. The monoisotopic (exact) mass is 254 g/mol. The average molecular weight is 254 g/mol. The lowest BCUT2D eigenvalue weighted by Gasteiger charge is -2.50. The topological polar surface area (TPSA) is 38.5 Å². The lowest BCUT2D eigenvalue weighted by atomic mass is 9.91. The summed E-state index contributed by atoms with van der Waals surface area (Å²) in [6, 6.07) is 0.551. The summed E-state index contributed by atoms with van der Waals surface area (Å²) in [5.41, 5.74) is 5.95. The fourth-order valence-corrected chi connectivity index (χ4v) is 4.06. The highest BCUT2D eigenvalue weighted by Crippen LogP contribution is 2.35. The molecule has 18 heavy (non-hydrogen) atoms. The molecule has 0 aromatic rings. The zero-order valence-corrected chi connectivity index (χ0v) is 12.5. The van der Waals surface area contributed by atoms with Gasteiger partial charge in [-0.2, -0.15) is 0 Å². The highest BCUT2D eigenvalue weighted by atomic mass is 16.5. The van der Waals surface area contributed by atoms with Crippen molar-refractivity contribution >= 4 is 0 Å². The molecule has 106 valence electrons. The van der Waals surface area contributed by atoms with E-state index in [0.717, 1.165) is 25.6 Å². The normalized spacial score (nSPS) is 30.5. The van der Waals surface area contributed by atoms with E-state index < -0.39 is 0 Å². The Morgan fingerprint density at radius 2 is 1.61 bits per heavy atom. The van der Waals surface area contributed by atoms with Gasteiger partial charge in [-0.25, -0.2) is 0 Å². The van der Waals surface area contributed by atoms with Crippen LogP contribution < -0.4 is 5.73 Å². The summed E-state index contributed by atoms with van der Waals surface area (Å²) in [4.78, 5) is 2.60. The first-order chi connectivity index (χ1) is 8.33. The first-order valence-electron chi connectivity index (χ1n) is 7.47. The molecule has 1 heterocycles. The molecule has 2 rings (SSSR count). The minimum absolute atomic E-state index is 0.0617. The minimum Gasteiger partial charge on any atom is -0.367 e. The minimum atomic E-state index is -0.0617. The van der Waals surface area contributed by atoms with Gasteiger partial charge in [0, 0.05) is 25.7 Å². The molecule has 2 aliphatic rings. The molecule has 2 fully saturated rings. The van der Waals surface area contributed by atoms with Crippen LogP contribution in [0.3, 0.4) is 0 Å². The maximum atomic E-state index is 6.17. The number of rotatable bonds is 3. The van der Waals surface area contributed by atoms with Crippen molar-refractivity contribution in [2.45, 2.75) is 70.6 Å². The number of hydrogen-bond acceptors (Lipinski definition) is 3. The predicted molar refractivity (Wildman–Crippen MR) is 75.6 cm³/mol. The van der Waals surface area contributed by atoms with Gasteiger partial charge in [-0.3, -0.25) is 4.90 Å². The summed E-state index contributed by atoms with van der Waals surface area (Å²) in [5, 5.41) is 0. The van der Waals surface area contributed by atoms with Gasteiger partial charge in [0.25, 0.3) is 0 Å². The van der Waals surface area contributed by atoms with Gasteiger partial charge < -0.3 is 10.5 Å². The van der Waals surface area contributed by atoms with E-state index in [2.05, 4.69) is 32.6 Å². The zero-order chi connectivity index (χ0) is 13.4. The second-order valence-electron chi connectivity index (χ2n) is 7.37. The lowest BCUT2D eigenvalue weighted by molar-refractivity contribution is -0.190. The van der Waals surface area contributed by atoms with Crippen LogP contribution in [0, 0.1) is 5.92 Å². The van der Waals surface area contributed by atoms with Crippen molar-refractivity contribution in [2.24, 2.45) is 11.7 Å². The fourth-order valence-electron chi connectivity index (χ4n) is 4.06. The fraction of sp³-hybridized carbons (Fsp3) is 1.00. The molecular formula is C15H30N2O. The maximum absolute atomic E-state index is 6.17. The molecule has 1 aliphatic heterocycles. The summed E-state index contributed by atoms with van der Waals surface area (Å²) in [7, 11) is 0. The Bertz CT molecular complexity index is 266. The van der Waals surface area contributed by atoms with Crippen molar-refractivity contribution < 1.29 is 4.74 Å². The van der Waals surface area contributed by atoms with E-state index in [9.17, 15) is 0 Å². The van der Waals surface area contributed by atoms with Crippen LogP contribution in [0.2, 0.25) is 0 Å². The summed E-state index contributed by atoms with van der Waals surface area (Å²) in [6.45, 7) is 11.6. The zero-order valence-electron chi connectivity index (χ0n) is 12.5. The Morgan fingerprint density at radius 1 is 1.11 bits per heavy atom. The number of hydrogen-bond donors (Lipinski definition) is 1. The SMILES string of the molecule is CC1(C)CN(C(CN)C2CCCC2)CC(C)(C)O1. The molecule has 0 aromatic carbocycles. The molecule has 1 saturated heterocycles. The van der Waals surface area contributed by atoms with Crippen LogP contribution in [0.5, 0.6) is 0 Å². The number of morpholine rings is 1. The second-order valence-corrected chi connectivity index (χ2v) is 7.37. The van der Waals surface area contributed by atoms with Crippen LogP contribution >= 0.6 is 0 Å². The van der Waals surface area contributed by atoms with E-state index in [1.165, 1.54) is 25.7 Å². The van der Waals surface area contributed by atoms with Crippen LogP contribution in [-0.2, 0) is 4.74 Å². The van der Waals surface area contributed by atoms with Gasteiger partial charge in [-0.1, -0.05) is 12.8 Å². The molecule has 0 spiro atoms. The van der Waals surface area contributed by atoms with E-state index in [0.29, 0.717) is 6.04 Å². The molecule has 0 amide bonds. The van der Waals surface area contributed by atoms with Gasteiger partial charge >= 0.3 is 0 Å². The highest BCUT2D eigenvalue weighted by Gasteiger charge is 2.42. The van der Waals surface area contributed by atoms with E-state index in [1.807, 2.05) is 0 Å². The third kappa shape index (κ3) is 3.25. The third-order valence-corrected chi connectivity index (χ3v) is 4.37. The third-order valence-electron chi connectivity index (χ3n) is 4.37. The number of nitrogens with two attached hydrogens (primary N) is 1. The largest absolute Gasteiger partial charge is 0.367 e. The summed E-state index contributed by atoms with van der Waals surface area (Å²) >= 11 is 0. The molecule has 1 aliphatic carbocycles. The van der Waals surface area contributed by atoms with Crippen molar-refractivity contribution in [3.63, 3.8) is 0 Å². The Labute approximate surface area is 112 Å². The van der Waals surface area contributed by atoms with Gasteiger partial charge in [-0.15, -0.1) is 0 Å². The van der Waals surface area contributed by atoms with Crippen molar-refractivity contribution in [2.75, 3.05) is 19.6 Å². The maximum Gasteiger partial charge on any atom is 0.0760 e. The van der Waals surface area contributed by atoms with E-state index in [-0.39, 0.29) is 11.2 Å². The number of ether oxygens (including phenoxy) is 1. The Kier molecular flexibility index (Phi) is 4.05. The molecule has 1 unspecified atom stereocenters. The van der Waals surface area contributed by atoms with Crippen LogP contribution in [0.4, 0.5) is 0 Å². The van der Waals surface area contributed by atoms with Crippen LogP contribution in [0.1, 0.15) is 53.4 Å². The van der Waals surface area contributed by atoms with Crippen LogP contribution in [0.15, 0.2) is 0 Å². The average Bonchev–Trinajstić information content (AvgIpc) is 2.67. The smallest absolute Gasteiger partial charge is 0.0760 e. The van der Waals surface area contributed by atoms with E-state index in [1.54, 1.807) is 0 Å². The van der Waals surface area contributed by atoms with Crippen molar-refractivity contribution in [1.29, 1.82) is 0 Å². The van der Waals surface area contributed by atoms with Gasteiger partial charge in [0.2, 0.25) is 0 Å². The second kappa shape index (κ2) is 5.10. The lowest BCUT2D eigenvalue weighted by Crippen LogP contribution is -2.62. The molecule has 1 saturated carbocycles. The van der Waals surface area contributed by atoms with Crippen LogP contribution in [0.25, 0.3) is 0 Å². The molecule has 0 aromatic heterocycles. The summed E-state index contributed by atoms with van der Waals surface area (Å²) in [6.07, 6.45) is 5.50. The van der Waals surface area contributed by atoms with Crippen molar-refractivity contribution in [3.05, 3.63) is 0 Å². The molecule has 3 nitrogen and oxygen atoms in total. The molecule has 2 N–H and O–H groups in total. The van der Waals surface area contributed by atoms with Gasteiger partial charge in [0.05, 0.1) is 11.2 Å². The summed E-state index contributed by atoms with van der Waals surface area (Å²) in [5.74, 6) is 0.805. The predicted octanol–water partition coefficient (Wildman–Crippen LogP) is 2.39.